The molecule has 1 aliphatic heterocycles. The quantitative estimate of drug-likeness (QED) is 0.850. The normalized spacial score (nSPS) is 17.4. The number of pyridine rings is 1. The number of hydrogen-bond donors (Lipinski definition) is 1. The fourth-order valence-electron chi connectivity index (χ4n) is 2.39. The van der Waals surface area contributed by atoms with Crippen LogP contribution in [0, 0.1) is 5.92 Å². The van der Waals surface area contributed by atoms with Crippen LogP contribution < -0.4 is 5.32 Å². The van der Waals surface area contributed by atoms with Crippen LogP contribution in [0.15, 0.2) is 12.3 Å². The highest BCUT2D eigenvalue weighted by molar-refractivity contribution is 6.33. The van der Waals surface area contributed by atoms with Gasteiger partial charge in [-0.1, -0.05) is 11.6 Å². The Hall–Kier alpha value is -1.86. The van der Waals surface area contributed by atoms with Crippen molar-refractivity contribution in [3.63, 3.8) is 0 Å². The fraction of sp³-hybridized carbons (Fsp3) is 0.533. The largest absolute Gasteiger partial charge is 0.464 e. The van der Waals surface area contributed by atoms with Crippen molar-refractivity contribution in [3.8, 4) is 0 Å². The molecule has 2 amide bonds. The van der Waals surface area contributed by atoms with E-state index in [0.717, 1.165) is 19.4 Å². The predicted molar refractivity (Wildman–Crippen MR) is 85.8 cm³/mol. The van der Waals surface area contributed by atoms with Crippen molar-refractivity contribution in [2.45, 2.75) is 12.8 Å². The molecule has 0 aliphatic carbocycles. The minimum Gasteiger partial charge on any atom is -0.464 e. The van der Waals surface area contributed by atoms with Gasteiger partial charge in [0.2, 0.25) is 0 Å². The Kier molecular flexibility index (Phi) is 6.18. The van der Waals surface area contributed by atoms with E-state index in [1.165, 1.54) is 19.4 Å². The maximum atomic E-state index is 12.2. The summed E-state index contributed by atoms with van der Waals surface area (Å²) in [5.41, 5.74) is 0.430. The third-order valence-corrected chi connectivity index (χ3v) is 3.89. The van der Waals surface area contributed by atoms with Crippen LogP contribution in [0.2, 0.25) is 5.02 Å². The number of carbonyl (C=O) groups excluding carboxylic acids is 2. The van der Waals surface area contributed by atoms with Gasteiger partial charge in [0, 0.05) is 26.1 Å². The highest BCUT2D eigenvalue weighted by atomic mass is 35.5. The maximum Gasteiger partial charge on any atom is 0.358 e. The number of esters is 1. The van der Waals surface area contributed by atoms with Gasteiger partial charge in [-0.25, -0.2) is 14.6 Å². The topological polar surface area (TPSA) is 80.8 Å². The molecule has 0 radical (unpaired) electrons. The first-order valence-electron chi connectivity index (χ1n) is 7.35. The van der Waals surface area contributed by atoms with Crippen LogP contribution in [0.3, 0.4) is 0 Å². The summed E-state index contributed by atoms with van der Waals surface area (Å²) >= 11 is 5.98. The smallest absolute Gasteiger partial charge is 0.358 e. The number of amides is 2. The Bertz CT molecular complexity index is 576. The SMILES string of the molecule is COC(=O)c1ncc(NC(=O)N(C)C[C@@H]2CCCOC2)cc1Cl. The summed E-state index contributed by atoms with van der Waals surface area (Å²) in [5.74, 6) is -0.273. The summed E-state index contributed by atoms with van der Waals surface area (Å²) in [6.45, 7) is 2.09. The van der Waals surface area contributed by atoms with Gasteiger partial charge in [0.1, 0.15) is 0 Å². The highest BCUT2D eigenvalue weighted by Crippen LogP contribution is 2.20. The average Bonchev–Trinajstić information content (AvgIpc) is 2.55. The lowest BCUT2D eigenvalue weighted by atomic mass is 10.0. The van der Waals surface area contributed by atoms with Gasteiger partial charge in [0.05, 0.1) is 30.6 Å². The molecule has 1 aromatic rings. The molecule has 1 aliphatic rings. The average molecular weight is 342 g/mol. The second-order valence-corrected chi connectivity index (χ2v) is 5.85. The number of urea groups is 1. The van der Waals surface area contributed by atoms with E-state index in [2.05, 4.69) is 15.0 Å². The van der Waals surface area contributed by atoms with E-state index in [1.807, 2.05) is 0 Å². The van der Waals surface area contributed by atoms with Gasteiger partial charge in [0.25, 0.3) is 0 Å². The summed E-state index contributed by atoms with van der Waals surface area (Å²) in [6.07, 6.45) is 3.45. The van der Waals surface area contributed by atoms with Gasteiger partial charge in [-0.2, -0.15) is 0 Å². The van der Waals surface area contributed by atoms with E-state index < -0.39 is 5.97 Å². The molecule has 126 valence electrons. The van der Waals surface area contributed by atoms with Crippen molar-refractivity contribution in [1.29, 1.82) is 0 Å². The summed E-state index contributed by atoms with van der Waals surface area (Å²) in [6, 6.07) is 1.20. The van der Waals surface area contributed by atoms with Crippen molar-refractivity contribution >= 4 is 29.3 Å². The van der Waals surface area contributed by atoms with Crippen LogP contribution >= 0.6 is 11.6 Å². The molecule has 7 nitrogen and oxygen atoms in total. The summed E-state index contributed by atoms with van der Waals surface area (Å²) < 4.78 is 9.98. The zero-order chi connectivity index (χ0) is 16.8. The molecule has 0 spiro atoms. The molecule has 1 saturated heterocycles. The number of aromatic nitrogens is 1. The van der Waals surface area contributed by atoms with E-state index in [-0.39, 0.29) is 16.7 Å². The number of hydrogen-bond acceptors (Lipinski definition) is 5. The van der Waals surface area contributed by atoms with Crippen LogP contribution in [-0.4, -0.2) is 55.8 Å². The number of ether oxygens (including phenoxy) is 2. The molecule has 2 heterocycles. The summed E-state index contributed by atoms with van der Waals surface area (Å²) in [5, 5.41) is 2.83. The molecule has 1 atom stereocenters. The van der Waals surface area contributed by atoms with Crippen molar-refractivity contribution in [2.24, 2.45) is 5.92 Å². The van der Waals surface area contributed by atoms with Gasteiger partial charge in [-0.15, -0.1) is 0 Å². The third kappa shape index (κ3) is 4.80. The van der Waals surface area contributed by atoms with E-state index >= 15 is 0 Å². The Morgan fingerprint density at radius 2 is 2.35 bits per heavy atom. The number of carbonyl (C=O) groups is 2. The maximum absolute atomic E-state index is 12.2. The van der Waals surface area contributed by atoms with Crippen molar-refractivity contribution < 1.29 is 19.1 Å². The van der Waals surface area contributed by atoms with Crippen LogP contribution in [0.25, 0.3) is 0 Å². The zero-order valence-corrected chi connectivity index (χ0v) is 13.9. The lowest BCUT2D eigenvalue weighted by Crippen LogP contribution is -2.37. The number of rotatable bonds is 4. The van der Waals surface area contributed by atoms with E-state index in [9.17, 15) is 9.59 Å². The molecular formula is C15H20ClN3O4. The number of halogens is 1. The lowest BCUT2D eigenvalue weighted by Gasteiger charge is -2.27. The van der Waals surface area contributed by atoms with Gasteiger partial charge < -0.3 is 19.7 Å². The van der Waals surface area contributed by atoms with Crippen molar-refractivity contribution in [1.82, 2.24) is 9.88 Å². The summed E-state index contributed by atoms with van der Waals surface area (Å²) in [7, 11) is 2.97. The Morgan fingerprint density at radius 3 is 2.96 bits per heavy atom. The molecule has 23 heavy (non-hydrogen) atoms. The standard InChI is InChI=1S/C15H20ClN3O4/c1-19(8-10-4-3-5-23-9-10)15(21)18-11-6-12(16)13(17-7-11)14(20)22-2/h6-7,10H,3-5,8-9H2,1-2H3,(H,18,21)/t10-/m0/s1. The molecule has 0 aromatic carbocycles. The minimum absolute atomic E-state index is 0.0138. The molecule has 1 aromatic heterocycles. The van der Waals surface area contributed by atoms with Gasteiger partial charge in [-0.05, 0) is 18.9 Å². The number of methoxy groups -OCH3 is 1. The molecular weight excluding hydrogens is 322 g/mol. The molecule has 0 saturated carbocycles. The van der Waals surface area contributed by atoms with Crippen molar-refractivity contribution in [2.75, 3.05) is 39.2 Å². The van der Waals surface area contributed by atoms with Crippen LogP contribution in [0.1, 0.15) is 23.3 Å². The highest BCUT2D eigenvalue weighted by Gasteiger charge is 2.19. The molecule has 0 bridgehead atoms. The van der Waals surface area contributed by atoms with Crippen molar-refractivity contribution in [3.05, 3.63) is 23.0 Å². The van der Waals surface area contributed by atoms with E-state index in [1.54, 1.807) is 11.9 Å². The third-order valence-electron chi connectivity index (χ3n) is 3.60. The summed E-state index contributed by atoms with van der Waals surface area (Å²) in [4.78, 5) is 29.1. The Labute approximate surface area is 139 Å². The Morgan fingerprint density at radius 1 is 1.57 bits per heavy atom. The molecule has 2 rings (SSSR count). The fourth-order valence-corrected chi connectivity index (χ4v) is 2.64. The van der Waals surface area contributed by atoms with Gasteiger partial charge in [0.15, 0.2) is 5.69 Å². The lowest BCUT2D eigenvalue weighted by molar-refractivity contribution is 0.0464. The minimum atomic E-state index is -0.623. The van der Waals surface area contributed by atoms with Crippen LogP contribution in [0.5, 0.6) is 0 Å². The van der Waals surface area contributed by atoms with Crippen LogP contribution in [0.4, 0.5) is 10.5 Å². The van der Waals surface area contributed by atoms with Gasteiger partial charge in [-0.3, -0.25) is 0 Å². The van der Waals surface area contributed by atoms with E-state index in [4.69, 9.17) is 16.3 Å². The van der Waals surface area contributed by atoms with Gasteiger partial charge >= 0.3 is 12.0 Å². The second-order valence-electron chi connectivity index (χ2n) is 5.44. The predicted octanol–water partition coefficient (Wildman–Crippen LogP) is 2.41. The molecule has 0 unspecified atom stereocenters. The number of nitrogens with zero attached hydrogens (tertiary/aromatic N) is 2. The molecule has 1 fully saturated rings. The first-order valence-corrected chi connectivity index (χ1v) is 7.72. The second kappa shape index (κ2) is 8.12. The van der Waals surface area contributed by atoms with Crippen LogP contribution in [-0.2, 0) is 9.47 Å². The monoisotopic (exact) mass is 341 g/mol. The number of nitrogens with one attached hydrogen (secondary N) is 1. The first-order chi connectivity index (χ1) is 11.0. The molecule has 8 heteroatoms. The number of anilines is 1. The first kappa shape index (κ1) is 17.5. The molecule has 1 N–H and O–H groups in total. The van der Waals surface area contributed by atoms with E-state index in [0.29, 0.717) is 24.8 Å². The Balaban J connectivity index is 1.93. The zero-order valence-electron chi connectivity index (χ0n) is 13.2.